The Labute approximate surface area is 133 Å². The van der Waals surface area contributed by atoms with Gasteiger partial charge in [0.15, 0.2) is 0 Å². The minimum atomic E-state index is 0.140. The molecule has 18 heavy (non-hydrogen) atoms. The predicted octanol–water partition coefficient (Wildman–Crippen LogP) is 4.90. The summed E-state index contributed by atoms with van der Waals surface area (Å²) >= 11 is 14.1. The molecule has 1 aliphatic carbocycles. The Balaban J connectivity index is 2.11. The summed E-state index contributed by atoms with van der Waals surface area (Å²) in [7, 11) is 0. The number of carbonyl (C=O) groups excluding carboxylic acids is 1. The molecule has 1 fully saturated rings. The van der Waals surface area contributed by atoms with Crippen LogP contribution in [-0.2, 0) is 0 Å². The predicted molar refractivity (Wildman–Crippen MR) is 83.7 cm³/mol. The molecule has 0 aromatic carbocycles. The van der Waals surface area contributed by atoms with Gasteiger partial charge in [0, 0.05) is 22.9 Å². The molecule has 0 spiro atoms. The van der Waals surface area contributed by atoms with Gasteiger partial charge in [0.25, 0.3) is 5.91 Å². The van der Waals surface area contributed by atoms with E-state index in [1.54, 1.807) is 0 Å². The first-order valence-corrected chi connectivity index (χ1v) is 8.89. The lowest BCUT2D eigenvalue weighted by atomic mass is 9.91. The van der Waals surface area contributed by atoms with Crippen LogP contribution < -0.4 is 0 Å². The summed E-state index contributed by atoms with van der Waals surface area (Å²) in [4.78, 5) is 15.3. The molecule has 1 heterocycles. The Morgan fingerprint density at radius 3 is 2.67 bits per heavy atom. The number of rotatable bonds is 5. The van der Waals surface area contributed by atoms with E-state index in [1.807, 2.05) is 11.0 Å². The van der Waals surface area contributed by atoms with Gasteiger partial charge >= 0.3 is 0 Å². The fourth-order valence-electron chi connectivity index (χ4n) is 1.97. The highest BCUT2D eigenvalue weighted by Gasteiger charge is 2.29. The quantitative estimate of drug-likeness (QED) is 0.627. The first-order valence-electron chi connectivity index (χ1n) is 5.95. The SMILES string of the molecule is O=C(c1cc(Br)c(Br)s1)N(CCCCl)C1CCC1. The number of amides is 1. The van der Waals surface area contributed by atoms with Gasteiger partial charge in [-0.25, -0.2) is 0 Å². The van der Waals surface area contributed by atoms with Crippen molar-refractivity contribution in [2.75, 3.05) is 12.4 Å². The zero-order valence-corrected chi connectivity index (χ0v) is 14.5. The van der Waals surface area contributed by atoms with Gasteiger partial charge in [-0.15, -0.1) is 22.9 Å². The Hall–Kier alpha value is 0.420. The van der Waals surface area contributed by atoms with Crippen molar-refractivity contribution in [3.05, 3.63) is 19.2 Å². The molecule has 0 bridgehead atoms. The van der Waals surface area contributed by atoms with E-state index in [1.165, 1.54) is 17.8 Å². The maximum Gasteiger partial charge on any atom is 0.264 e. The lowest BCUT2D eigenvalue weighted by molar-refractivity contribution is 0.0586. The van der Waals surface area contributed by atoms with Crippen LogP contribution in [0.15, 0.2) is 14.3 Å². The first-order chi connectivity index (χ1) is 8.63. The van der Waals surface area contributed by atoms with Crippen LogP contribution in [0.3, 0.4) is 0 Å². The Morgan fingerprint density at radius 2 is 2.22 bits per heavy atom. The molecule has 2 nitrogen and oxygen atoms in total. The molecule has 1 saturated carbocycles. The van der Waals surface area contributed by atoms with E-state index in [-0.39, 0.29) is 5.91 Å². The minimum Gasteiger partial charge on any atom is -0.335 e. The fourth-order valence-corrected chi connectivity index (χ4v) is 4.08. The number of hydrogen-bond donors (Lipinski definition) is 0. The summed E-state index contributed by atoms with van der Waals surface area (Å²) in [6.45, 7) is 0.764. The monoisotopic (exact) mass is 413 g/mol. The maximum absolute atomic E-state index is 12.5. The number of hydrogen-bond acceptors (Lipinski definition) is 2. The third-order valence-electron chi connectivity index (χ3n) is 3.16. The molecule has 1 aliphatic rings. The summed E-state index contributed by atoms with van der Waals surface area (Å²) in [6.07, 6.45) is 4.34. The summed E-state index contributed by atoms with van der Waals surface area (Å²) < 4.78 is 1.92. The van der Waals surface area contributed by atoms with Crippen LogP contribution in [0.5, 0.6) is 0 Å². The second-order valence-electron chi connectivity index (χ2n) is 4.36. The van der Waals surface area contributed by atoms with E-state index in [9.17, 15) is 4.79 Å². The van der Waals surface area contributed by atoms with Crippen molar-refractivity contribution in [2.24, 2.45) is 0 Å². The van der Waals surface area contributed by atoms with Crippen molar-refractivity contribution >= 4 is 60.7 Å². The van der Waals surface area contributed by atoms with Gasteiger partial charge in [-0.05, 0) is 63.6 Å². The molecule has 1 aromatic heterocycles. The van der Waals surface area contributed by atoms with E-state index in [2.05, 4.69) is 31.9 Å². The highest BCUT2D eigenvalue weighted by molar-refractivity contribution is 9.13. The molecular formula is C12H14Br2ClNOS. The van der Waals surface area contributed by atoms with Crippen molar-refractivity contribution in [3.63, 3.8) is 0 Å². The standard InChI is InChI=1S/C12H14Br2ClNOS/c13-9-7-10(18-11(9)14)12(17)16(6-2-5-15)8-3-1-4-8/h7-8H,1-6H2. The van der Waals surface area contributed by atoms with Crippen LogP contribution in [-0.4, -0.2) is 29.3 Å². The largest absolute Gasteiger partial charge is 0.335 e. The number of halogens is 3. The van der Waals surface area contributed by atoms with Crippen LogP contribution >= 0.6 is 54.8 Å². The summed E-state index contributed by atoms with van der Waals surface area (Å²) in [5.41, 5.74) is 0. The fraction of sp³-hybridized carbons (Fsp3) is 0.583. The van der Waals surface area contributed by atoms with Gasteiger partial charge in [-0.1, -0.05) is 0 Å². The molecular weight excluding hydrogens is 401 g/mol. The number of carbonyl (C=O) groups is 1. The maximum atomic E-state index is 12.5. The highest BCUT2D eigenvalue weighted by Crippen LogP contribution is 2.34. The van der Waals surface area contributed by atoms with Crippen molar-refractivity contribution in [1.82, 2.24) is 4.90 Å². The highest BCUT2D eigenvalue weighted by atomic mass is 79.9. The zero-order chi connectivity index (χ0) is 13.1. The zero-order valence-electron chi connectivity index (χ0n) is 9.79. The van der Waals surface area contributed by atoms with Crippen LogP contribution in [0.1, 0.15) is 35.4 Å². The average molecular weight is 416 g/mol. The second-order valence-corrected chi connectivity index (χ2v) is 7.96. The third kappa shape index (κ3) is 3.30. The molecule has 0 unspecified atom stereocenters. The Morgan fingerprint density at radius 1 is 1.50 bits per heavy atom. The molecule has 0 saturated heterocycles. The van der Waals surface area contributed by atoms with E-state index in [4.69, 9.17) is 11.6 Å². The molecule has 1 aromatic rings. The lowest BCUT2D eigenvalue weighted by Gasteiger charge is -2.37. The molecule has 0 aliphatic heterocycles. The van der Waals surface area contributed by atoms with Gasteiger partial charge in [-0.3, -0.25) is 4.79 Å². The van der Waals surface area contributed by atoms with Gasteiger partial charge in [0.2, 0.25) is 0 Å². The first kappa shape index (κ1) is 14.8. The van der Waals surface area contributed by atoms with Crippen molar-refractivity contribution in [3.8, 4) is 0 Å². The summed E-state index contributed by atoms with van der Waals surface area (Å²) in [5, 5.41) is 0. The molecule has 0 radical (unpaired) electrons. The average Bonchev–Trinajstić information content (AvgIpc) is 2.61. The Bertz CT molecular complexity index is 414. The van der Waals surface area contributed by atoms with Crippen LogP contribution in [0.25, 0.3) is 0 Å². The van der Waals surface area contributed by atoms with Crippen molar-refractivity contribution < 1.29 is 4.79 Å². The Kier molecular flexibility index (Phi) is 5.54. The second kappa shape index (κ2) is 6.73. The molecule has 100 valence electrons. The smallest absolute Gasteiger partial charge is 0.264 e. The minimum absolute atomic E-state index is 0.140. The lowest BCUT2D eigenvalue weighted by Crippen LogP contribution is -2.44. The number of thiophene rings is 1. The van der Waals surface area contributed by atoms with E-state index in [0.29, 0.717) is 11.9 Å². The normalized spacial score (nSPS) is 15.5. The number of alkyl halides is 1. The molecule has 6 heteroatoms. The van der Waals surface area contributed by atoms with Gasteiger partial charge in [0.05, 0.1) is 8.66 Å². The molecule has 0 atom stereocenters. The number of nitrogens with zero attached hydrogens (tertiary/aromatic N) is 1. The van der Waals surface area contributed by atoms with Crippen molar-refractivity contribution in [1.29, 1.82) is 0 Å². The summed E-state index contributed by atoms with van der Waals surface area (Å²) in [6, 6.07) is 2.31. The van der Waals surface area contributed by atoms with E-state index in [0.717, 1.165) is 38.9 Å². The molecule has 0 N–H and O–H groups in total. The molecule has 2 rings (SSSR count). The van der Waals surface area contributed by atoms with Crippen LogP contribution in [0, 0.1) is 0 Å². The third-order valence-corrected chi connectivity index (χ3v) is 6.68. The van der Waals surface area contributed by atoms with E-state index >= 15 is 0 Å². The van der Waals surface area contributed by atoms with Gasteiger partial charge < -0.3 is 4.90 Å². The topological polar surface area (TPSA) is 20.3 Å². The summed E-state index contributed by atoms with van der Waals surface area (Å²) in [5.74, 6) is 0.746. The van der Waals surface area contributed by atoms with Gasteiger partial charge in [-0.2, -0.15) is 0 Å². The molecule has 1 amide bonds. The van der Waals surface area contributed by atoms with Crippen LogP contribution in [0.4, 0.5) is 0 Å². The van der Waals surface area contributed by atoms with Crippen LogP contribution in [0.2, 0.25) is 0 Å². The van der Waals surface area contributed by atoms with E-state index < -0.39 is 0 Å². The van der Waals surface area contributed by atoms with Gasteiger partial charge in [0.1, 0.15) is 0 Å². The van der Waals surface area contributed by atoms with Crippen molar-refractivity contribution in [2.45, 2.75) is 31.7 Å².